The SMILES string of the molecule is Cc1cnn(C)c1S(=O)(=O)N1CCO[C@@H]2COCC[C@@H]21. The van der Waals surface area contributed by atoms with Crippen molar-refractivity contribution in [2.45, 2.75) is 30.5 Å². The molecule has 8 heteroatoms. The zero-order valence-electron chi connectivity index (χ0n) is 11.7. The maximum atomic E-state index is 12.9. The third kappa shape index (κ3) is 2.16. The minimum Gasteiger partial charge on any atom is -0.379 e. The summed E-state index contributed by atoms with van der Waals surface area (Å²) in [6.07, 6.45) is 2.08. The third-order valence-corrected chi connectivity index (χ3v) is 6.04. The van der Waals surface area contributed by atoms with E-state index in [9.17, 15) is 8.42 Å². The maximum absolute atomic E-state index is 12.9. The van der Waals surface area contributed by atoms with Crippen LogP contribution in [0.2, 0.25) is 0 Å². The van der Waals surface area contributed by atoms with Crippen molar-refractivity contribution < 1.29 is 17.9 Å². The number of hydrogen-bond acceptors (Lipinski definition) is 5. The van der Waals surface area contributed by atoms with Crippen molar-refractivity contribution in [1.29, 1.82) is 0 Å². The summed E-state index contributed by atoms with van der Waals surface area (Å²) in [6.45, 7) is 3.58. The first kappa shape index (κ1) is 14.0. The average Bonchev–Trinajstić information content (AvgIpc) is 2.78. The number of nitrogens with zero attached hydrogens (tertiary/aromatic N) is 3. The number of hydrogen-bond donors (Lipinski definition) is 0. The molecule has 20 heavy (non-hydrogen) atoms. The Morgan fingerprint density at radius 2 is 2.20 bits per heavy atom. The number of aryl methyl sites for hydroxylation is 2. The van der Waals surface area contributed by atoms with E-state index in [4.69, 9.17) is 9.47 Å². The normalized spacial score (nSPS) is 28.3. The molecule has 0 spiro atoms. The van der Waals surface area contributed by atoms with Crippen molar-refractivity contribution in [3.8, 4) is 0 Å². The number of rotatable bonds is 2. The molecule has 3 heterocycles. The largest absolute Gasteiger partial charge is 0.379 e. The summed E-state index contributed by atoms with van der Waals surface area (Å²) in [7, 11) is -1.90. The quantitative estimate of drug-likeness (QED) is 0.763. The van der Waals surface area contributed by atoms with Gasteiger partial charge in [0.25, 0.3) is 10.0 Å². The van der Waals surface area contributed by atoms with Crippen molar-refractivity contribution >= 4 is 10.0 Å². The predicted molar refractivity (Wildman–Crippen MR) is 70.8 cm³/mol. The molecule has 7 nitrogen and oxygen atoms in total. The first-order chi connectivity index (χ1) is 9.51. The van der Waals surface area contributed by atoms with Crippen molar-refractivity contribution in [1.82, 2.24) is 14.1 Å². The van der Waals surface area contributed by atoms with E-state index in [1.165, 1.54) is 4.68 Å². The van der Waals surface area contributed by atoms with Crippen LogP contribution in [0, 0.1) is 6.92 Å². The van der Waals surface area contributed by atoms with Gasteiger partial charge in [-0.1, -0.05) is 0 Å². The van der Waals surface area contributed by atoms with Gasteiger partial charge < -0.3 is 9.47 Å². The molecule has 2 fully saturated rings. The Labute approximate surface area is 118 Å². The lowest BCUT2D eigenvalue weighted by Crippen LogP contribution is -2.57. The molecule has 2 atom stereocenters. The van der Waals surface area contributed by atoms with Gasteiger partial charge in [-0.2, -0.15) is 9.40 Å². The molecule has 1 aromatic rings. The van der Waals surface area contributed by atoms with Crippen LogP contribution >= 0.6 is 0 Å². The molecule has 2 aliphatic rings. The van der Waals surface area contributed by atoms with Crippen LogP contribution in [-0.2, 0) is 26.5 Å². The van der Waals surface area contributed by atoms with E-state index >= 15 is 0 Å². The minimum absolute atomic E-state index is 0.142. The second-order valence-electron chi connectivity index (χ2n) is 5.21. The highest BCUT2D eigenvalue weighted by Crippen LogP contribution is 2.28. The Morgan fingerprint density at radius 3 is 2.90 bits per heavy atom. The predicted octanol–water partition coefficient (Wildman–Crippen LogP) is -0.0931. The van der Waals surface area contributed by atoms with Gasteiger partial charge >= 0.3 is 0 Å². The highest BCUT2D eigenvalue weighted by molar-refractivity contribution is 7.89. The van der Waals surface area contributed by atoms with Crippen molar-refractivity contribution in [3.05, 3.63) is 11.8 Å². The Kier molecular flexibility index (Phi) is 3.57. The Balaban J connectivity index is 1.98. The van der Waals surface area contributed by atoms with E-state index in [1.54, 1.807) is 24.5 Å². The molecular weight excluding hydrogens is 282 g/mol. The zero-order valence-corrected chi connectivity index (χ0v) is 12.5. The average molecular weight is 301 g/mol. The first-order valence-electron chi connectivity index (χ1n) is 6.71. The van der Waals surface area contributed by atoms with Crippen LogP contribution in [0.5, 0.6) is 0 Å². The van der Waals surface area contributed by atoms with E-state index in [0.717, 1.165) is 0 Å². The lowest BCUT2D eigenvalue weighted by molar-refractivity contribution is -0.114. The topological polar surface area (TPSA) is 73.7 Å². The van der Waals surface area contributed by atoms with Crippen LogP contribution in [0.3, 0.4) is 0 Å². The molecule has 0 unspecified atom stereocenters. The summed E-state index contributed by atoms with van der Waals surface area (Å²) in [6, 6.07) is -0.142. The molecular formula is C12H19N3O4S. The van der Waals surface area contributed by atoms with Crippen LogP contribution < -0.4 is 0 Å². The second-order valence-corrected chi connectivity index (χ2v) is 7.02. The molecule has 0 aliphatic carbocycles. The number of morpholine rings is 1. The number of sulfonamides is 1. The van der Waals surface area contributed by atoms with Crippen molar-refractivity contribution in [3.63, 3.8) is 0 Å². The second kappa shape index (κ2) is 5.10. The standard InChI is InChI=1S/C12H19N3O4S/c1-9-7-13-14(2)12(9)20(16,17)15-4-6-19-11-8-18-5-3-10(11)15/h7,10-11H,3-6,8H2,1-2H3/t10-,11+/m0/s1. The molecule has 2 saturated heterocycles. The fraction of sp³-hybridized carbons (Fsp3) is 0.750. The van der Waals surface area contributed by atoms with Gasteiger partial charge in [0.1, 0.15) is 0 Å². The van der Waals surface area contributed by atoms with Gasteiger partial charge in [0, 0.05) is 25.8 Å². The van der Waals surface area contributed by atoms with Crippen molar-refractivity contribution in [2.75, 3.05) is 26.4 Å². The lowest BCUT2D eigenvalue weighted by Gasteiger charge is -2.42. The molecule has 2 aliphatic heterocycles. The van der Waals surface area contributed by atoms with Crippen LogP contribution in [0.1, 0.15) is 12.0 Å². The Morgan fingerprint density at radius 1 is 1.40 bits per heavy atom. The van der Waals surface area contributed by atoms with E-state index in [-0.39, 0.29) is 17.2 Å². The van der Waals surface area contributed by atoms with Gasteiger partial charge in [0.05, 0.1) is 31.6 Å². The first-order valence-corrected chi connectivity index (χ1v) is 8.15. The van der Waals surface area contributed by atoms with Gasteiger partial charge in [-0.15, -0.1) is 0 Å². The molecule has 112 valence electrons. The van der Waals surface area contributed by atoms with Gasteiger partial charge in [0.15, 0.2) is 5.03 Å². The van der Waals surface area contributed by atoms with Crippen LogP contribution in [0.25, 0.3) is 0 Å². The Hall–Kier alpha value is -0.960. The number of ether oxygens (including phenoxy) is 2. The molecule has 3 rings (SSSR count). The Bertz CT molecular complexity index is 576. The molecule has 1 aromatic heterocycles. The highest BCUT2D eigenvalue weighted by Gasteiger charge is 2.42. The van der Waals surface area contributed by atoms with E-state index in [2.05, 4.69) is 5.10 Å². The fourth-order valence-corrected chi connectivity index (χ4v) is 4.94. The highest BCUT2D eigenvalue weighted by atomic mass is 32.2. The number of aromatic nitrogens is 2. The molecule has 0 bridgehead atoms. The van der Waals surface area contributed by atoms with E-state index in [0.29, 0.717) is 38.3 Å². The van der Waals surface area contributed by atoms with E-state index in [1.807, 2.05) is 0 Å². The summed E-state index contributed by atoms with van der Waals surface area (Å²) in [5.41, 5.74) is 0.669. The summed E-state index contributed by atoms with van der Waals surface area (Å²) in [4.78, 5) is 0. The number of fused-ring (bicyclic) bond motifs is 1. The minimum atomic E-state index is -3.55. The van der Waals surface area contributed by atoms with Gasteiger partial charge in [-0.3, -0.25) is 4.68 Å². The smallest absolute Gasteiger partial charge is 0.260 e. The van der Waals surface area contributed by atoms with E-state index < -0.39 is 10.0 Å². The van der Waals surface area contributed by atoms with Crippen LogP contribution in [0.15, 0.2) is 11.2 Å². The summed E-state index contributed by atoms with van der Waals surface area (Å²) in [5.74, 6) is 0. The van der Waals surface area contributed by atoms with Crippen LogP contribution in [-0.4, -0.2) is 61.0 Å². The molecule has 0 amide bonds. The van der Waals surface area contributed by atoms with Gasteiger partial charge in [-0.25, -0.2) is 8.42 Å². The zero-order chi connectivity index (χ0) is 14.3. The third-order valence-electron chi connectivity index (χ3n) is 3.89. The maximum Gasteiger partial charge on any atom is 0.260 e. The summed E-state index contributed by atoms with van der Waals surface area (Å²) >= 11 is 0. The van der Waals surface area contributed by atoms with Gasteiger partial charge in [0.2, 0.25) is 0 Å². The summed E-state index contributed by atoms with van der Waals surface area (Å²) in [5, 5.41) is 4.30. The van der Waals surface area contributed by atoms with Gasteiger partial charge in [-0.05, 0) is 13.3 Å². The fourth-order valence-electron chi connectivity index (χ4n) is 2.96. The molecule has 0 radical (unpaired) electrons. The lowest BCUT2D eigenvalue weighted by atomic mass is 10.1. The molecule has 0 N–H and O–H groups in total. The van der Waals surface area contributed by atoms with Crippen molar-refractivity contribution in [2.24, 2.45) is 7.05 Å². The molecule has 0 saturated carbocycles. The monoisotopic (exact) mass is 301 g/mol. The van der Waals surface area contributed by atoms with Crippen LogP contribution in [0.4, 0.5) is 0 Å². The molecule has 0 aromatic carbocycles. The summed E-state index contributed by atoms with van der Waals surface area (Å²) < 4.78 is 39.8.